The number of nitrogens with one attached hydrogen (secondary N) is 1. The van der Waals surface area contributed by atoms with Crippen molar-refractivity contribution < 1.29 is 9.18 Å². The lowest BCUT2D eigenvalue weighted by Crippen LogP contribution is -2.51. The van der Waals surface area contributed by atoms with Gasteiger partial charge >= 0.3 is 6.03 Å². The molecule has 4 nitrogen and oxygen atoms in total. The normalized spacial score (nSPS) is 14.5. The minimum atomic E-state index is -0.316. The van der Waals surface area contributed by atoms with E-state index in [9.17, 15) is 9.18 Å². The molecule has 1 saturated heterocycles. The SMILES string of the molecule is O=C(NCc1ccccc1F)N1CCN(c2cc(Cl)ccc2Cl)CC1. The molecule has 1 fully saturated rings. The van der Waals surface area contributed by atoms with Crippen LogP contribution in [0.4, 0.5) is 14.9 Å². The molecular formula is C18H18Cl2FN3O. The van der Waals surface area contributed by atoms with Gasteiger partial charge in [-0.05, 0) is 24.3 Å². The van der Waals surface area contributed by atoms with Gasteiger partial charge in [0.25, 0.3) is 0 Å². The minimum Gasteiger partial charge on any atom is -0.367 e. The topological polar surface area (TPSA) is 35.6 Å². The van der Waals surface area contributed by atoms with Crippen LogP contribution >= 0.6 is 23.2 Å². The van der Waals surface area contributed by atoms with E-state index in [-0.39, 0.29) is 18.4 Å². The average Bonchev–Trinajstić information content (AvgIpc) is 2.63. The van der Waals surface area contributed by atoms with Gasteiger partial charge in [-0.25, -0.2) is 9.18 Å². The summed E-state index contributed by atoms with van der Waals surface area (Å²) >= 11 is 12.3. The van der Waals surface area contributed by atoms with Crippen molar-refractivity contribution in [2.24, 2.45) is 0 Å². The Morgan fingerprint density at radius 3 is 2.52 bits per heavy atom. The molecule has 3 rings (SSSR count). The van der Waals surface area contributed by atoms with Crippen LogP contribution in [0.15, 0.2) is 42.5 Å². The predicted octanol–water partition coefficient (Wildman–Crippen LogP) is 4.16. The van der Waals surface area contributed by atoms with Gasteiger partial charge in [0.15, 0.2) is 0 Å². The largest absolute Gasteiger partial charge is 0.367 e. The fourth-order valence-corrected chi connectivity index (χ4v) is 3.21. The van der Waals surface area contributed by atoms with Crippen LogP contribution in [0, 0.1) is 5.82 Å². The van der Waals surface area contributed by atoms with Gasteiger partial charge in [0.05, 0.1) is 10.7 Å². The number of anilines is 1. The molecule has 2 aromatic carbocycles. The number of hydrogen-bond donors (Lipinski definition) is 1. The first-order chi connectivity index (χ1) is 12.0. The van der Waals surface area contributed by atoms with Gasteiger partial charge in [-0.2, -0.15) is 0 Å². The molecule has 7 heteroatoms. The zero-order valence-corrected chi connectivity index (χ0v) is 15.0. The molecule has 0 radical (unpaired) electrons. The maximum atomic E-state index is 13.6. The second-order valence-electron chi connectivity index (χ2n) is 5.82. The first-order valence-electron chi connectivity index (χ1n) is 8.01. The number of rotatable bonds is 3. The van der Waals surface area contributed by atoms with Crippen molar-refractivity contribution in [3.05, 3.63) is 63.9 Å². The molecule has 0 unspecified atom stereocenters. The maximum Gasteiger partial charge on any atom is 0.317 e. The fourth-order valence-electron chi connectivity index (χ4n) is 2.80. The Morgan fingerprint density at radius 1 is 1.08 bits per heavy atom. The average molecular weight is 382 g/mol. The number of carbonyl (C=O) groups is 1. The number of halogens is 3. The number of urea groups is 1. The lowest BCUT2D eigenvalue weighted by Gasteiger charge is -2.36. The van der Waals surface area contributed by atoms with Crippen molar-refractivity contribution in [1.29, 1.82) is 0 Å². The van der Waals surface area contributed by atoms with Gasteiger partial charge in [0, 0.05) is 43.3 Å². The van der Waals surface area contributed by atoms with E-state index in [4.69, 9.17) is 23.2 Å². The van der Waals surface area contributed by atoms with Crippen molar-refractivity contribution in [1.82, 2.24) is 10.2 Å². The van der Waals surface area contributed by atoms with E-state index in [1.165, 1.54) is 6.07 Å². The molecule has 1 aliphatic rings. The fraction of sp³-hybridized carbons (Fsp3) is 0.278. The van der Waals surface area contributed by atoms with Crippen molar-refractivity contribution in [3.8, 4) is 0 Å². The van der Waals surface area contributed by atoms with E-state index in [1.54, 1.807) is 35.2 Å². The first kappa shape index (κ1) is 17.8. The number of benzene rings is 2. The van der Waals surface area contributed by atoms with E-state index < -0.39 is 0 Å². The summed E-state index contributed by atoms with van der Waals surface area (Å²) in [5, 5.41) is 4.04. The summed E-state index contributed by atoms with van der Waals surface area (Å²) in [6.45, 7) is 2.62. The third-order valence-corrected chi connectivity index (χ3v) is 4.76. The molecule has 132 valence electrons. The summed E-state index contributed by atoms with van der Waals surface area (Å²) in [6, 6.07) is 11.6. The van der Waals surface area contributed by atoms with Crippen LogP contribution in [0.3, 0.4) is 0 Å². The predicted molar refractivity (Wildman–Crippen MR) is 98.9 cm³/mol. The highest BCUT2D eigenvalue weighted by Gasteiger charge is 2.22. The van der Waals surface area contributed by atoms with Crippen molar-refractivity contribution in [2.75, 3.05) is 31.1 Å². The molecule has 0 atom stereocenters. The van der Waals surface area contributed by atoms with Gasteiger partial charge in [-0.3, -0.25) is 0 Å². The highest BCUT2D eigenvalue weighted by molar-refractivity contribution is 6.35. The molecule has 0 spiro atoms. The molecule has 0 bridgehead atoms. The van der Waals surface area contributed by atoms with E-state index in [1.807, 2.05) is 6.07 Å². The number of hydrogen-bond acceptors (Lipinski definition) is 2. The zero-order valence-electron chi connectivity index (χ0n) is 13.5. The van der Waals surface area contributed by atoms with Gasteiger partial charge in [0.2, 0.25) is 0 Å². The van der Waals surface area contributed by atoms with E-state index in [2.05, 4.69) is 10.2 Å². The van der Waals surface area contributed by atoms with Crippen LogP contribution < -0.4 is 10.2 Å². The maximum absolute atomic E-state index is 13.6. The zero-order chi connectivity index (χ0) is 17.8. The third-order valence-electron chi connectivity index (χ3n) is 4.20. The summed E-state index contributed by atoms with van der Waals surface area (Å²) in [7, 11) is 0. The van der Waals surface area contributed by atoms with Gasteiger partial charge in [-0.15, -0.1) is 0 Å². The molecule has 25 heavy (non-hydrogen) atoms. The van der Waals surface area contributed by atoms with Crippen LogP contribution in [0.25, 0.3) is 0 Å². The molecular weight excluding hydrogens is 364 g/mol. The highest BCUT2D eigenvalue weighted by Crippen LogP contribution is 2.29. The lowest BCUT2D eigenvalue weighted by molar-refractivity contribution is 0.194. The van der Waals surface area contributed by atoms with Crippen LogP contribution in [0.2, 0.25) is 10.0 Å². The molecule has 1 heterocycles. The number of carbonyl (C=O) groups excluding carboxylic acids is 1. The smallest absolute Gasteiger partial charge is 0.317 e. The van der Waals surface area contributed by atoms with Crippen molar-refractivity contribution in [2.45, 2.75) is 6.54 Å². The van der Waals surface area contributed by atoms with E-state index >= 15 is 0 Å². The molecule has 0 aromatic heterocycles. The second-order valence-corrected chi connectivity index (χ2v) is 6.66. The Balaban J connectivity index is 1.54. The Morgan fingerprint density at radius 2 is 1.80 bits per heavy atom. The summed E-state index contributed by atoms with van der Waals surface area (Å²) in [4.78, 5) is 16.1. The van der Waals surface area contributed by atoms with E-state index in [0.29, 0.717) is 41.8 Å². The van der Waals surface area contributed by atoms with Crippen LogP contribution in [-0.2, 0) is 6.54 Å². The van der Waals surface area contributed by atoms with E-state index in [0.717, 1.165) is 5.69 Å². The highest BCUT2D eigenvalue weighted by atomic mass is 35.5. The number of amides is 2. The van der Waals surface area contributed by atoms with Crippen molar-refractivity contribution >= 4 is 34.9 Å². The Hall–Kier alpha value is -1.98. The van der Waals surface area contributed by atoms with Gasteiger partial charge in [0.1, 0.15) is 5.82 Å². The molecule has 1 N–H and O–H groups in total. The summed E-state index contributed by atoms with van der Waals surface area (Å²) in [6.07, 6.45) is 0. The summed E-state index contributed by atoms with van der Waals surface area (Å²) in [5.74, 6) is -0.316. The third kappa shape index (κ3) is 4.35. The summed E-state index contributed by atoms with van der Waals surface area (Å²) in [5.41, 5.74) is 1.35. The molecule has 2 amide bonds. The van der Waals surface area contributed by atoms with Crippen LogP contribution in [-0.4, -0.2) is 37.1 Å². The molecule has 1 aliphatic heterocycles. The summed E-state index contributed by atoms with van der Waals surface area (Å²) < 4.78 is 13.6. The Labute approximate surface area is 156 Å². The standard InChI is InChI=1S/C18H18Cl2FN3O/c19-14-5-6-15(20)17(11-14)23-7-9-24(10-8-23)18(25)22-12-13-3-1-2-4-16(13)21/h1-6,11H,7-10,12H2,(H,22,25). The second kappa shape index (κ2) is 7.93. The van der Waals surface area contributed by atoms with Gasteiger partial charge in [-0.1, -0.05) is 41.4 Å². The lowest BCUT2D eigenvalue weighted by atomic mass is 10.2. The Bertz CT molecular complexity index is 764. The van der Waals surface area contributed by atoms with Crippen LogP contribution in [0.1, 0.15) is 5.56 Å². The molecule has 2 aromatic rings. The van der Waals surface area contributed by atoms with Crippen molar-refractivity contribution in [3.63, 3.8) is 0 Å². The Kier molecular flexibility index (Phi) is 5.66. The monoisotopic (exact) mass is 381 g/mol. The number of nitrogens with zero attached hydrogens (tertiary/aromatic N) is 2. The minimum absolute atomic E-state index is 0.172. The quantitative estimate of drug-likeness (QED) is 0.865. The van der Waals surface area contributed by atoms with Crippen LogP contribution in [0.5, 0.6) is 0 Å². The molecule has 0 aliphatic carbocycles. The first-order valence-corrected chi connectivity index (χ1v) is 8.76. The number of piperazine rings is 1. The van der Waals surface area contributed by atoms with Gasteiger partial charge < -0.3 is 15.1 Å². The molecule has 0 saturated carbocycles.